The quantitative estimate of drug-likeness (QED) is 0.412. The molecule has 15 heteroatoms. The molecule has 1 saturated carbocycles. The van der Waals surface area contributed by atoms with Crippen molar-refractivity contribution in [1.29, 1.82) is 0 Å². The highest BCUT2D eigenvalue weighted by molar-refractivity contribution is 5.95. The van der Waals surface area contributed by atoms with Crippen molar-refractivity contribution >= 4 is 23.5 Å². The van der Waals surface area contributed by atoms with Crippen LogP contribution >= 0.6 is 0 Å². The Hall–Kier alpha value is -2.42. The molecule has 0 aromatic rings. The van der Waals surface area contributed by atoms with Gasteiger partial charge in [0, 0.05) is 19.0 Å². The minimum Gasteiger partial charge on any atom is -0.376 e. The van der Waals surface area contributed by atoms with Crippen LogP contribution in [0.2, 0.25) is 0 Å². The Morgan fingerprint density at radius 3 is 2.35 bits per heavy atom. The number of hydrogen-bond donors (Lipinski definition) is 3. The Kier molecular flexibility index (Phi) is 7.18. The average molecular weight is 503 g/mol. The number of nitrogens with zero attached hydrogens (tertiary/aromatic N) is 1. The molecule has 9 nitrogen and oxygen atoms in total. The number of ketones is 1. The number of amides is 3. The summed E-state index contributed by atoms with van der Waals surface area (Å²) in [6.07, 6.45) is -12.8. The Balaban J connectivity index is 1.75. The second kappa shape index (κ2) is 9.32. The number of likely N-dealkylation sites (tertiary alicyclic amines) is 1. The van der Waals surface area contributed by atoms with Crippen molar-refractivity contribution in [3.63, 3.8) is 0 Å². The number of rotatable bonds is 8. The van der Waals surface area contributed by atoms with Crippen molar-refractivity contribution in [2.45, 2.75) is 62.8 Å². The van der Waals surface area contributed by atoms with Gasteiger partial charge in [-0.05, 0) is 37.5 Å². The molecule has 2 aliphatic heterocycles. The minimum atomic E-state index is -5.26. The van der Waals surface area contributed by atoms with Gasteiger partial charge in [-0.1, -0.05) is 0 Å². The second-order valence-corrected chi connectivity index (χ2v) is 8.90. The largest absolute Gasteiger partial charge is 0.522 e. The van der Waals surface area contributed by atoms with Crippen molar-refractivity contribution < 1.29 is 55.4 Å². The fourth-order valence-electron chi connectivity index (χ4n) is 4.31. The normalized spacial score (nSPS) is 25.7. The van der Waals surface area contributed by atoms with Gasteiger partial charge in [-0.25, -0.2) is 0 Å². The van der Waals surface area contributed by atoms with Crippen LogP contribution in [0.3, 0.4) is 0 Å². The monoisotopic (exact) mass is 503 g/mol. The zero-order valence-electron chi connectivity index (χ0n) is 17.7. The Morgan fingerprint density at radius 1 is 1.21 bits per heavy atom. The lowest BCUT2D eigenvalue weighted by Gasteiger charge is -2.28. The van der Waals surface area contributed by atoms with Gasteiger partial charge >= 0.3 is 12.5 Å². The molecule has 0 radical (unpaired) electrons. The summed E-state index contributed by atoms with van der Waals surface area (Å²) in [5.41, 5.74) is -0.590. The van der Waals surface area contributed by atoms with Crippen LogP contribution in [-0.4, -0.2) is 83.9 Å². The maximum absolute atomic E-state index is 12.9. The number of Topliss-reactive ketones (excluding diaryl/α,β-unsaturated/α-hetero) is 1. The molecule has 3 fully saturated rings. The molecule has 2 heterocycles. The van der Waals surface area contributed by atoms with Gasteiger partial charge in [-0.2, -0.15) is 13.2 Å². The summed E-state index contributed by atoms with van der Waals surface area (Å²) < 4.78 is 79.2. The molecule has 1 aliphatic carbocycles. The predicted octanol–water partition coefficient (Wildman–Crippen LogP) is 0.407. The van der Waals surface area contributed by atoms with Gasteiger partial charge in [-0.3, -0.25) is 23.9 Å². The molecule has 3 rings (SSSR count). The number of halogens is 6. The third kappa shape index (κ3) is 6.17. The van der Waals surface area contributed by atoms with Crippen LogP contribution in [-0.2, 0) is 23.9 Å². The van der Waals surface area contributed by atoms with Crippen LogP contribution < -0.4 is 10.6 Å². The van der Waals surface area contributed by atoms with Gasteiger partial charge in [0.1, 0.15) is 12.6 Å². The van der Waals surface area contributed by atoms with E-state index in [2.05, 4.69) is 15.4 Å². The summed E-state index contributed by atoms with van der Waals surface area (Å²) in [5, 5.41) is 14.1. The van der Waals surface area contributed by atoms with Crippen molar-refractivity contribution in [2.75, 3.05) is 19.7 Å². The first-order valence-corrected chi connectivity index (χ1v) is 10.5. The number of ether oxygens (including phenoxy) is 1. The summed E-state index contributed by atoms with van der Waals surface area (Å²) in [6.45, 7) is -1.40. The summed E-state index contributed by atoms with van der Waals surface area (Å²) in [7, 11) is 0. The summed E-state index contributed by atoms with van der Waals surface area (Å²) in [4.78, 5) is 50.1. The first-order valence-electron chi connectivity index (χ1n) is 10.5. The van der Waals surface area contributed by atoms with Crippen molar-refractivity contribution in [2.24, 2.45) is 11.3 Å². The van der Waals surface area contributed by atoms with E-state index < -0.39 is 72.2 Å². The van der Waals surface area contributed by atoms with Crippen LogP contribution in [0.15, 0.2) is 0 Å². The lowest BCUT2D eigenvalue weighted by atomic mass is 9.95. The Bertz CT molecular complexity index is 843. The molecule has 2 saturated heterocycles. The van der Waals surface area contributed by atoms with Crippen LogP contribution in [0.4, 0.5) is 26.3 Å². The van der Waals surface area contributed by atoms with E-state index in [9.17, 15) is 50.6 Å². The third-order valence-corrected chi connectivity index (χ3v) is 6.36. The van der Waals surface area contributed by atoms with E-state index in [1.54, 1.807) is 0 Å². The van der Waals surface area contributed by atoms with Crippen molar-refractivity contribution in [1.82, 2.24) is 15.5 Å². The molecule has 1 unspecified atom stereocenters. The number of carbonyl (C=O) groups is 4. The molecular formula is C19H23F6N3O6. The van der Waals surface area contributed by atoms with E-state index in [4.69, 9.17) is 0 Å². The Labute approximate surface area is 189 Å². The number of carbonyl (C=O) groups excluding carboxylic acids is 4. The number of alkyl halides is 6. The van der Waals surface area contributed by atoms with Gasteiger partial charge in [0.25, 0.3) is 5.91 Å². The fraction of sp³-hybridized carbons (Fsp3) is 0.789. The Morgan fingerprint density at radius 2 is 1.85 bits per heavy atom. The van der Waals surface area contributed by atoms with E-state index >= 15 is 0 Å². The van der Waals surface area contributed by atoms with Crippen molar-refractivity contribution in [3.8, 4) is 0 Å². The molecule has 4 atom stereocenters. The maximum Gasteiger partial charge on any atom is 0.522 e. The summed E-state index contributed by atoms with van der Waals surface area (Å²) >= 11 is 0. The molecule has 192 valence electrons. The SMILES string of the molecule is O=C(COC(F)(F)F)C(C[C@@H]1CCNC1=O)NC(=O)[C@@H]1CC2(CC2)CN1C(=O)[C@@H](O)C(F)(F)F. The molecule has 0 bridgehead atoms. The minimum absolute atomic E-state index is 0.0287. The van der Waals surface area contributed by atoms with E-state index in [0.717, 1.165) is 0 Å². The lowest BCUT2D eigenvalue weighted by Crippen LogP contribution is -2.55. The zero-order valence-corrected chi connectivity index (χ0v) is 17.7. The number of aliphatic hydroxyl groups excluding tert-OH is 1. The highest BCUT2D eigenvalue weighted by Gasteiger charge is 2.58. The fourth-order valence-corrected chi connectivity index (χ4v) is 4.31. The average Bonchev–Trinajstić information content (AvgIpc) is 3.18. The van der Waals surface area contributed by atoms with Gasteiger partial charge in [0.15, 0.2) is 5.78 Å². The van der Waals surface area contributed by atoms with Gasteiger partial charge < -0.3 is 20.6 Å². The van der Waals surface area contributed by atoms with Crippen LogP contribution in [0.5, 0.6) is 0 Å². The topological polar surface area (TPSA) is 125 Å². The summed E-state index contributed by atoms with van der Waals surface area (Å²) in [5.74, 6) is -5.24. The standard InChI is InChI=1S/C19H23F6N3O6/c20-18(21,22)13(30)16(33)28-8-17(2-3-17)6-11(28)15(32)27-10(5-9-1-4-26-14(9)31)12(29)7-34-19(23,24)25/h9-11,13,30H,1-8H2,(H,26,31)(H,27,32)/t9-,10?,11-,13+/m0/s1. The zero-order chi connectivity index (χ0) is 25.5. The van der Waals surface area contributed by atoms with E-state index in [0.29, 0.717) is 17.7 Å². The van der Waals surface area contributed by atoms with E-state index in [-0.39, 0.29) is 32.4 Å². The van der Waals surface area contributed by atoms with Crippen molar-refractivity contribution in [3.05, 3.63) is 0 Å². The first kappa shape index (κ1) is 26.2. The molecule has 3 N–H and O–H groups in total. The van der Waals surface area contributed by atoms with Gasteiger partial charge in [0.2, 0.25) is 17.9 Å². The molecule has 0 aromatic carbocycles. The first-order chi connectivity index (χ1) is 15.6. The van der Waals surface area contributed by atoms with Crippen LogP contribution in [0.25, 0.3) is 0 Å². The third-order valence-electron chi connectivity index (χ3n) is 6.36. The molecule has 34 heavy (non-hydrogen) atoms. The van der Waals surface area contributed by atoms with Gasteiger partial charge in [-0.15, -0.1) is 13.2 Å². The number of aliphatic hydroxyl groups is 1. The molecule has 3 amide bonds. The molecule has 0 aromatic heterocycles. The predicted molar refractivity (Wildman–Crippen MR) is 98.5 cm³/mol. The highest BCUT2D eigenvalue weighted by Crippen LogP contribution is 2.55. The molecular weight excluding hydrogens is 480 g/mol. The number of hydrogen-bond acceptors (Lipinski definition) is 6. The molecule has 3 aliphatic rings. The lowest BCUT2D eigenvalue weighted by molar-refractivity contribution is -0.321. The second-order valence-electron chi connectivity index (χ2n) is 8.90. The van der Waals surface area contributed by atoms with Crippen LogP contribution in [0, 0.1) is 11.3 Å². The highest BCUT2D eigenvalue weighted by atomic mass is 19.4. The smallest absolute Gasteiger partial charge is 0.376 e. The molecule has 1 spiro atoms. The number of nitrogens with one attached hydrogen (secondary N) is 2. The van der Waals surface area contributed by atoms with E-state index in [1.165, 1.54) is 0 Å². The van der Waals surface area contributed by atoms with Gasteiger partial charge in [0.05, 0.1) is 6.04 Å². The van der Waals surface area contributed by atoms with Crippen LogP contribution in [0.1, 0.15) is 32.1 Å². The van der Waals surface area contributed by atoms with E-state index in [1.807, 2.05) is 0 Å². The maximum atomic E-state index is 12.9. The summed E-state index contributed by atoms with van der Waals surface area (Å²) in [6, 6.07) is -3.08.